The van der Waals surface area contributed by atoms with E-state index in [1.165, 1.54) is 106 Å². The van der Waals surface area contributed by atoms with E-state index < -0.39 is 0 Å². The molecule has 0 spiro atoms. The van der Waals surface area contributed by atoms with Gasteiger partial charge in [-0.3, -0.25) is 0 Å². The quantitative estimate of drug-likeness (QED) is 0.226. The first-order valence-corrected chi connectivity index (χ1v) is 15.0. The molecule has 4 aromatic rings. The summed E-state index contributed by atoms with van der Waals surface area (Å²) in [6, 6.07) is 10.6. The summed E-state index contributed by atoms with van der Waals surface area (Å²) in [5.74, 6) is 0. The Morgan fingerprint density at radius 2 is 0.634 bits per heavy atom. The van der Waals surface area contributed by atoms with Gasteiger partial charge in [0, 0.05) is 0 Å². The molecule has 0 N–H and O–H groups in total. The molecular formula is C40H49N. The maximum absolute atomic E-state index is 2.64. The predicted octanol–water partition coefficient (Wildman–Crippen LogP) is 11.6. The van der Waals surface area contributed by atoms with E-state index >= 15 is 0 Å². The van der Waals surface area contributed by atoms with E-state index in [9.17, 15) is 0 Å². The number of nitrogens with zero attached hydrogens (tertiary/aromatic N) is 1. The second kappa shape index (κ2) is 11.4. The van der Waals surface area contributed by atoms with Crippen molar-refractivity contribution in [3.8, 4) is 0 Å². The van der Waals surface area contributed by atoms with Crippen molar-refractivity contribution in [3.05, 3.63) is 119 Å². The highest BCUT2D eigenvalue weighted by molar-refractivity contribution is 5.91. The molecule has 0 saturated carbocycles. The molecule has 0 radical (unpaired) electrons. The summed E-state index contributed by atoms with van der Waals surface area (Å²) in [5.41, 5.74) is 25.7. The molecule has 0 aliphatic rings. The van der Waals surface area contributed by atoms with Crippen LogP contribution in [0.5, 0.6) is 0 Å². The maximum atomic E-state index is 2.64. The molecule has 0 heterocycles. The Labute approximate surface area is 250 Å². The van der Waals surface area contributed by atoms with Crippen molar-refractivity contribution >= 4 is 29.2 Å². The van der Waals surface area contributed by atoms with Crippen LogP contribution < -0.4 is 4.90 Å². The Balaban J connectivity index is 2.16. The van der Waals surface area contributed by atoms with Gasteiger partial charge in [-0.05, 0) is 186 Å². The van der Waals surface area contributed by atoms with E-state index in [2.05, 4.69) is 144 Å². The maximum Gasteiger partial charge on any atom is 0.0526 e. The monoisotopic (exact) mass is 543 g/mol. The molecule has 0 atom stereocenters. The molecule has 41 heavy (non-hydrogen) atoms. The fourth-order valence-electron chi connectivity index (χ4n) is 6.62. The third-order valence-electron chi connectivity index (χ3n) is 10.5. The molecule has 4 rings (SSSR count). The minimum Gasteiger partial charge on any atom is -0.309 e. The topological polar surface area (TPSA) is 3.24 Å². The third kappa shape index (κ3) is 4.94. The average molecular weight is 544 g/mol. The molecule has 0 unspecified atom stereocenters. The molecule has 0 aliphatic heterocycles. The SMILES string of the molecule is Cc1c(C)c(C)c(N(c2c(C)c(C)c(C)c(C)c2C)c2c(C)c(C)c(/C=C/c3ccccc3)c(C)c2C)c(C)c1C. The number of benzene rings is 4. The zero-order valence-corrected chi connectivity index (χ0v) is 28.0. The molecule has 0 aliphatic carbocycles. The molecule has 0 aromatic heterocycles. The van der Waals surface area contributed by atoms with Crippen molar-refractivity contribution in [3.63, 3.8) is 0 Å². The molecule has 1 heteroatoms. The van der Waals surface area contributed by atoms with Crippen LogP contribution in [0.15, 0.2) is 30.3 Å². The summed E-state index contributed by atoms with van der Waals surface area (Å²) in [7, 11) is 0. The fraction of sp³-hybridized carbons (Fsp3) is 0.350. The van der Waals surface area contributed by atoms with Crippen LogP contribution in [-0.4, -0.2) is 0 Å². The lowest BCUT2D eigenvalue weighted by Crippen LogP contribution is -2.21. The zero-order valence-electron chi connectivity index (χ0n) is 28.0. The van der Waals surface area contributed by atoms with E-state index in [0.717, 1.165) is 0 Å². The van der Waals surface area contributed by atoms with Crippen LogP contribution in [0, 0.1) is 96.9 Å². The summed E-state index contributed by atoms with van der Waals surface area (Å²) in [4.78, 5) is 2.64. The summed E-state index contributed by atoms with van der Waals surface area (Å²) in [5, 5.41) is 0. The highest BCUT2D eigenvalue weighted by Gasteiger charge is 2.29. The minimum absolute atomic E-state index is 1.22. The van der Waals surface area contributed by atoms with Gasteiger partial charge in [0.05, 0.1) is 17.1 Å². The second-order valence-corrected chi connectivity index (χ2v) is 12.3. The molecule has 0 amide bonds. The Morgan fingerprint density at radius 1 is 0.341 bits per heavy atom. The average Bonchev–Trinajstić information content (AvgIpc) is 2.96. The normalized spacial score (nSPS) is 11.6. The van der Waals surface area contributed by atoms with Crippen molar-refractivity contribution in [2.24, 2.45) is 0 Å². The van der Waals surface area contributed by atoms with E-state index in [1.54, 1.807) is 0 Å². The highest BCUT2D eigenvalue weighted by Crippen LogP contribution is 2.49. The first-order chi connectivity index (χ1) is 19.2. The van der Waals surface area contributed by atoms with Gasteiger partial charge in [-0.2, -0.15) is 0 Å². The van der Waals surface area contributed by atoms with Crippen molar-refractivity contribution < 1.29 is 0 Å². The van der Waals surface area contributed by atoms with Gasteiger partial charge in [0.15, 0.2) is 0 Å². The number of hydrogen-bond acceptors (Lipinski definition) is 1. The highest BCUT2D eigenvalue weighted by atomic mass is 15.2. The number of anilines is 3. The lowest BCUT2D eigenvalue weighted by Gasteiger charge is -2.37. The second-order valence-electron chi connectivity index (χ2n) is 12.3. The largest absolute Gasteiger partial charge is 0.309 e. The molecule has 0 bridgehead atoms. The summed E-state index contributed by atoms with van der Waals surface area (Å²) in [6.45, 7) is 32.2. The van der Waals surface area contributed by atoms with E-state index in [0.29, 0.717) is 0 Å². The van der Waals surface area contributed by atoms with Gasteiger partial charge in [0.2, 0.25) is 0 Å². The fourth-order valence-corrected chi connectivity index (χ4v) is 6.62. The number of hydrogen-bond donors (Lipinski definition) is 0. The van der Waals surface area contributed by atoms with Gasteiger partial charge in [-0.15, -0.1) is 0 Å². The predicted molar refractivity (Wildman–Crippen MR) is 183 cm³/mol. The van der Waals surface area contributed by atoms with Crippen LogP contribution in [0.1, 0.15) is 89.0 Å². The van der Waals surface area contributed by atoms with Crippen molar-refractivity contribution in [2.75, 3.05) is 4.90 Å². The van der Waals surface area contributed by atoms with Crippen LogP contribution in [0.2, 0.25) is 0 Å². The molecular weight excluding hydrogens is 494 g/mol. The van der Waals surface area contributed by atoms with Crippen LogP contribution in [0.25, 0.3) is 12.2 Å². The van der Waals surface area contributed by atoms with Crippen LogP contribution >= 0.6 is 0 Å². The molecule has 4 aromatic carbocycles. The first-order valence-electron chi connectivity index (χ1n) is 15.0. The van der Waals surface area contributed by atoms with E-state index in [-0.39, 0.29) is 0 Å². The first kappa shape index (κ1) is 30.4. The zero-order chi connectivity index (χ0) is 30.5. The Morgan fingerprint density at radius 3 is 0.976 bits per heavy atom. The van der Waals surface area contributed by atoms with Crippen LogP contribution in [-0.2, 0) is 0 Å². The van der Waals surface area contributed by atoms with E-state index in [4.69, 9.17) is 0 Å². The summed E-state index contributed by atoms with van der Waals surface area (Å²) in [6.07, 6.45) is 4.55. The Hall–Kier alpha value is -3.58. The molecule has 0 saturated heterocycles. The van der Waals surface area contributed by atoms with Crippen LogP contribution in [0.3, 0.4) is 0 Å². The van der Waals surface area contributed by atoms with Gasteiger partial charge < -0.3 is 4.90 Å². The Bertz CT molecular complexity index is 1540. The molecule has 1 nitrogen and oxygen atoms in total. The summed E-state index contributed by atoms with van der Waals surface area (Å²) < 4.78 is 0. The molecule has 0 fully saturated rings. The lowest BCUT2D eigenvalue weighted by atomic mass is 9.86. The van der Waals surface area contributed by atoms with Gasteiger partial charge in [0.1, 0.15) is 0 Å². The van der Waals surface area contributed by atoms with Gasteiger partial charge in [0.25, 0.3) is 0 Å². The summed E-state index contributed by atoms with van der Waals surface area (Å²) >= 11 is 0. The Kier molecular flexibility index (Phi) is 8.42. The standard InChI is InChI=1S/C40H49N/c1-22-24(3)30(9)38(31(10)25(22)4)41(39-32(11)26(5)23(2)27(6)33(39)12)40-34(13)28(7)37(29(8)35(40)14)21-20-36-18-16-15-17-19-36/h15-21H,1-14H3/b21-20+. The van der Waals surface area contributed by atoms with Crippen LogP contribution in [0.4, 0.5) is 17.1 Å². The van der Waals surface area contributed by atoms with Crippen molar-refractivity contribution in [1.29, 1.82) is 0 Å². The van der Waals surface area contributed by atoms with Gasteiger partial charge in [-0.1, -0.05) is 42.5 Å². The van der Waals surface area contributed by atoms with Gasteiger partial charge in [-0.25, -0.2) is 0 Å². The smallest absolute Gasteiger partial charge is 0.0526 e. The van der Waals surface area contributed by atoms with Crippen molar-refractivity contribution in [1.82, 2.24) is 0 Å². The molecule has 214 valence electrons. The van der Waals surface area contributed by atoms with Gasteiger partial charge >= 0.3 is 0 Å². The minimum atomic E-state index is 1.22. The lowest BCUT2D eigenvalue weighted by molar-refractivity contribution is 1.07. The third-order valence-corrected chi connectivity index (χ3v) is 10.5. The van der Waals surface area contributed by atoms with E-state index in [1.807, 2.05) is 0 Å². The van der Waals surface area contributed by atoms with Crippen molar-refractivity contribution in [2.45, 2.75) is 96.9 Å². The number of rotatable bonds is 5.